The van der Waals surface area contributed by atoms with Gasteiger partial charge in [0.1, 0.15) is 6.10 Å². The summed E-state index contributed by atoms with van der Waals surface area (Å²) >= 11 is 0. The van der Waals surface area contributed by atoms with E-state index in [1.54, 1.807) is 0 Å². The van der Waals surface area contributed by atoms with Crippen LogP contribution >= 0.6 is 0 Å². The van der Waals surface area contributed by atoms with Gasteiger partial charge in [0.15, 0.2) is 6.10 Å². The number of ether oxygens (including phenoxy) is 1. The van der Waals surface area contributed by atoms with Gasteiger partial charge in [-0.2, -0.15) is 8.78 Å². The zero-order valence-electron chi connectivity index (χ0n) is 19.7. The van der Waals surface area contributed by atoms with Gasteiger partial charge in [0.25, 0.3) is 13.9 Å². The fourth-order valence-corrected chi connectivity index (χ4v) is 9.26. The summed E-state index contributed by atoms with van der Waals surface area (Å²) < 4.78 is 42.8. The summed E-state index contributed by atoms with van der Waals surface area (Å²) in [4.78, 5) is 25.4. The Hall–Kier alpha value is -2.92. The molecule has 4 rings (SSSR count). The monoisotopic (exact) mass is 502 g/mol. The minimum atomic E-state index is -3.79. The van der Waals surface area contributed by atoms with E-state index < -0.39 is 49.0 Å². The molecule has 1 saturated heterocycles. The molecule has 3 aromatic rings. The lowest BCUT2D eigenvalue weighted by Gasteiger charge is -2.43. The molecule has 0 spiro atoms. The first-order valence-corrected chi connectivity index (χ1v) is 13.2. The maximum atomic E-state index is 15.0. The Kier molecular flexibility index (Phi) is 6.67. The van der Waals surface area contributed by atoms with Crippen LogP contribution in [0.3, 0.4) is 0 Å². The van der Waals surface area contributed by atoms with Crippen LogP contribution in [0, 0.1) is 0 Å². The van der Waals surface area contributed by atoms with Gasteiger partial charge in [-0.25, -0.2) is 4.79 Å². The molecule has 0 amide bonds. The first kappa shape index (κ1) is 25.2. The normalized spacial score (nSPS) is 22.3. The first-order chi connectivity index (χ1) is 16.5. The van der Waals surface area contributed by atoms with Crippen molar-refractivity contribution < 1.29 is 23.1 Å². The Morgan fingerprint density at radius 1 is 1.03 bits per heavy atom. The van der Waals surface area contributed by atoms with Crippen molar-refractivity contribution in [2.75, 3.05) is 6.61 Å². The van der Waals surface area contributed by atoms with Gasteiger partial charge in [0.05, 0.1) is 6.61 Å². The molecule has 1 aliphatic rings. The molecule has 7 nitrogen and oxygen atoms in total. The smallest absolute Gasteiger partial charge is 0.330 e. The number of alkyl halides is 2. The lowest BCUT2D eigenvalue weighted by molar-refractivity contribution is -0.141. The molecule has 1 fully saturated rings. The van der Waals surface area contributed by atoms with Crippen LogP contribution in [0.15, 0.2) is 82.5 Å². The highest BCUT2D eigenvalue weighted by Crippen LogP contribution is 2.43. The molecule has 2 heterocycles. The van der Waals surface area contributed by atoms with Crippen molar-refractivity contribution in [1.29, 1.82) is 0 Å². The van der Waals surface area contributed by atoms with Crippen LogP contribution in [-0.2, 0) is 9.16 Å². The first-order valence-electron chi connectivity index (χ1n) is 11.3. The number of nitrogens with zero attached hydrogens (tertiary/aromatic N) is 1. The average molecular weight is 503 g/mol. The number of aromatic nitrogens is 2. The Balaban J connectivity index is 1.72. The fraction of sp³-hybridized carbons (Fsp3) is 0.360. The number of rotatable bonds is 6. The van der Waals surface area contributed by atoms with Crippen LogP contribution in [0.4, 0.5) is 8.78 Å². The molecule has 0 bridgehead atoms. The van der Waals surface area contributed by atoms with E-state index in [0.29, 0.717) is 4.57 Å². The summed E-state index contributed by atoms with van der Waals surface area (Å²) in [6, 6.07) is 20.2. The van der Waals surface area contributed by atoms with E-state index in [9.17, 15) is 14.7 Å². The molecule has 1 aromatic heterocycles. The number of aromatic amines is 1. The van der Waals surface area contributed by atoms with Crippen molar-refractivity contribution in [3.05, 3.63) is 93.8 Å². The second kappa shape index (κ2) is 9.27. The molecular weight excluding hydrogens is 474 g/mol. The second-order valence-corrected chi connectivity index (χ2v) is 13.9. The fourth-order valence-electron chi connectivity index (χ4n) is 4.69. The molecule has 3 atom stereocenters. The van der Waals surface area contributed by atoms with Crippen LogP contribution < -0.4 is 21.6 Å². The lowest BCUT2D eigenvalue weighted by Crippen LogP contribution is -2.67. The van der Waals surface area contributed by atoms with Gasteiger partial charge in [0, 0.05) is 12.3 Å². The molecule has 0 saturated carbocycles. The summed E-state index contributed by atoms with van der Waals surface area (Å²) in [6.45, 7) is 5.81. The van der Waals surface area contributed by atoms with E-state index in [1.807, 2.05) is 86.4 Å². The highest BCUT2D eigenvalue weighted by Gasteiger charge is 2.60. The minimum absolute atomic E-state index is 0.321. The van der Waals surface area contributed by atoms with E-state index in [2.05, 4.69) is 0 Å². The molecule has 1 aliphatic heterocycles. The third-order valence-corrected chi connectivity index (χ3v) is 11.4. The van der Waals surface area contributed by atoms with Crippen molar-refractivity contribution >= 4 is 18.7 Å². The Bertz CT molecular complexity index is 1240. The molecule has 35 heavy (non-hydrogen) atoms. The number of halogens is 2. The number of aliphatic hydroxyl groups excluding tert-OH is 1. The summed E-state index contributed by atoms with van der Waals surface area (Å²) in [5, 5.41) is 12.0. The topological polar surface area (TPSA) is 93.5 Å². The van der Waals surface area contributed by atoms with Gasteiger partial charge in [-0.15, -0.1) is 0 Å². The quantitative estimate of drug-likeness (QED) is 0.503. The van der Waals surface area contributed by atoms with Crippen LogP contribution in [0.1, 0.15) is 27.0 Å². The summed E-state index contributed by atoms with van der Waals surface area (Å²) in [6.07, 6.45) is -4.78. The molecule has 10 heteroatoms. The standard InChI is InChI=1S/C25H28F2N2O5Si/c1-24(2,3)35(17-10-6-4-7-11-17,18-12-8-5-9-13-18)33-16-19-21(31)25(26,27)22(34-19)29-15-14-20(30)28-23(29)32/h4-15,19,21-22,31H,16H2,1-3H3,(H,28,30,32)/t19-,21-,22-/m1/s1. The predicted molar refractivity (Wildman–Crippen MR) is 130 cm³/mol. The van der Waals surface area contributed by atoms with Crippen molar-refractivity contribution in [3.8, 4) is 0 Å². The number of nitrogens with one attached hydrogen (secondary N) is 1. The lowest BCUT2D eigenvalue weighted by atomic mass is 10.1. The maximum absolute atomic E-state index is 15.0. The van der Waals surface area contributed by atoms with Crippen LogP contribution in [0.25, 0.3) is 0 Å². The van der Waals surface area contributed by atoms with Crippen molar-refractivity contribution in [1.82, 2.24) is 9.55 Å². The molecule has 2 N–H and O–H groups in total. The van der Waals surface area contributed by atoms with E-state index in [4.69, 9.17) is 9.16 Å². The van der Waals surface area contributed by atoms with Gasteiger partial charge in [-0.1, -0.05) is 81.4 Å². The molecular formula is C25H28F2N2O5Si. The van der Waals surface area contributed by atoms with Crippen molar-refractivity contribution in [2.24, 2.45) is 0 Å². The zero-order chi connectivity index (χ0) is 25.4. The van der Waals surface area contributed by atoms with Crippen molar-refractivity contribution in [3.63, 3.8) is 0 Å². The highest BCUT2D eigenvalue weighted by molar-refractivity contribution is 6.99. The van der Waals surface area contributed by atoms with Crippen molar-refractivity contribution in [2.45, 2.75) is 50.2 Å². The largest absolute Gasteiger partial charge is 0.405 e. The van der Waals surface area contributed by atoms with Gasteiger partial charge in [-0.05, 0) is 15.4 Å². The third-order valence-electron chi connectivity index (χ3n) is 6.36. The molecule has 0 unspecified atom stereocenters. The summed E-state index contributed by atoms with van der Waals surface area (Å²) in [7, 11) is -3.06. The van der Waals surface area contributed by atoms with E-state index in [1.165, 1.54) is 0 Å². The molecule has 0 aliphatic carbocycles. The number of hydrogen-bond donors (Lipinski definition) is 2. The van der Waals surface area contributed by atoms with E-state index >= 15 is 8.78 Å². The van der Waals surface area contributed by atoms with Crippen LogP contribution in [0.5, 0.6) is 0 Å². The number of H-pyrrole nitrogens is 1. The summed E-state index contributed by atoms with van der Waals surface area (Å²) in [5.41, 5.74) is -1.78. The average Bonchev–Trinajstić information content (AvgIpc) is 3.03. The molecule has 186 valence electrons. The highest BCUT2D eigenvalue weighted by atomic mass is 28.4. The third kappa shape index (κ3) is 4.42. The molecule has 0 radical (unpaired) electrons. The Morgan fingerprint density at radius 3 is 2.06 bits per heavy atom. The SMILES string of the molecule is CC(C)(C)[Si](OC[C@H]1O[C@@H](n2ccc(=O)[nH]c2=O)C(F)(F)[C@@H]1O)(c1ccccc1)c1ccccc1. The predicted octanol–water partition coefficient (Wildman–Crippen LogP) is 2.01. The second-order valence-electron chi connectivity index (χ2n) is 9.64. The van der Waals surface area contributed by atoms with Gasteiger partial charge < -0.3 is 14.3 Å². The minimum Gasteiger partial charge on any atom is -0.405 e. The van der Waals surface area contributed by atoms with Gasteiger partial charge in [-0.3, -0.25) is 14.3 Å². The molecule has 2 aromatic carbocycles. The number of benzene rings is 2. The zero-order valence-corrected chi connectivity index (χ0v) is 20.7. The van der Waals surface area contributed by atoms with Crippen LogP contribution in [0.2, 0.25) is 5.04 Å². The van der Waals surface area contributed by atoms with Crippen LogP contribution in [-0.4, -0.2) is 47.7 Å². The summed E-state index contributed by atoms with van der Waals surface area (Å²) in [5.74, 6) is -3.79. The number of hydrogen-bond acceptors (Lipinski definition) is 5. The van der Waals surface area contributed by atoms with E-state index in [0.717, 1.165) is 22.6 Å². The maximum Gasteiger partial charge on any atom is 0.330 e. The Morgan fingerprint density at radius 2 is 1.57 bits per heavy atom. The van der Waals surface area contributed by atoms with Gasteiger partial charge >= 0.3 is 11.6 Å². The van der Waals surface area contributed by atoms with Gasteiger partial charge in [0.2, 0.25) is 6.23 Å². The van der Waals surface area contributed by atoms with E-state index in [-0.39, 0.29) is 6.61 Å². The Labute approximate surface area is 202 Å². The number of aliphatic hydroxyl groups is 1.